The molecule has 1 aliphatic rings. The van der Waals surface area contributed by atoms with Gasteiger partial charge < -0.3 is 19.9 Å². The number of nitrogens with zero attached hydrogens (tertiary/aromatic N) is 4. The van der Waals surface area contributed by atoms with Crippen molar-refractivity contribution in [3.8, 4) is 22.5 Å². The molecule has 1 atom stereocenters. The summed E-state index contributed by atoms with van der Waals surface area (Å²) in [4.78, 5) is 16.2. The number of anilines is 2. The third-order valence-electron chi connectivity index (χ3n) is 6.56. The van der Waals surface area contributed by atoms with Crippen LogP contribution >= 0.6 is 0 Å². The number of hydrogen-bond donors (Lipinski definition) is 2. The van der Waals surface area contributed by atoms with E-state index in [1.807, 2.05) is 31.2 Å². The number of hydrogen-bond acceptors (Lipinski definition) is 8. The van der Waals surface area contributed by atoms with Crippen molar-refractivity contribution < 1.29 is 17.9 Å². The second-order valence-corrected chi connectivity index (χ2v) is 9.90. The molecule has 0 amide bonds. The first-order valence-corrected chi connectivity index (χ1v) is 13.5. The number of rotatable bonds is 8. The van der Waals surface area contributed by atoms with Crippen LogP contribution in [0, 0.1) is 12.7 Å². The molecule has 0 saturated carbocycles. The van der Waals surface area contributed by atoms with Gasteiger partial charge in [0.05, 0.1) is 18.7 Å². The number of fused-ring (bicyclic) bond motifs is 1. The molecular weight excluding hydrogens is 507 g/mol. The van der Waals surface area contributed by atoms with E-state index in [-0.39, 0.29) is 12.4 Å². The molecule has 0 spiro atoms. The highest BCUT2D eigenvalue weighted by atomic mass is 32.2. The summed E-state index contributed by atoms with van der Waals surface area (Å²) in [5.41, 5.74) is 9.95. The molecule has 3 heterocycles. The average Bonchev–Trinajstić information content (AvgIpc) is 2.92. The van der Waals surface area contributed by atoms with Crippen LogP contribution in [0.5, 0.6) is 0 Å². The molecule has 0 bridgehead atoms. The molecule has 2 aromatic heterocycles. The Bertz CT molecular complexity index is 1480. The van der Waals surface area contributed by atoms with Gasteiger partial charge in [-0.05, 0) is 60.7 Å². The van der Waals surface area contributed by atoms with E-state index in [0.29, 0.717) is 61.9 Å². The van der Waals surface area contributed by atoms with Gasteiger partial charge in [0.1, 0.15) is 17.5 Å². The topological polar surface area (TPSA) is 129 Å². The number of morpholine rings is 1. The van der Waals surface area contributed by atoms with E-state index in [1.54, 1.807) is 24.4 Å². The highest BCUT2D eigenvalue weighted by Gasteiger charge is 2.21. The third-order valence-corrected chi connectivity index (χ3v) is 7.00. The highest BCUT2D eigenvalue weighted by molar-refractivity contribution is 7.77. The minimum atomic E-state index is -2.33. The minimum Gasteiger partial charge on any atom is -0.760 e. The molecule has 5 rings (SSSR count). The third kappa shape index (κ3) is 5.65. The van der Waals surface area contributed by atoms with Crippen LogP contribution in [0.2, 0.25) is 0 Å². The Balaban J connectivity index is 1.59. The first-order valence-electron chi connectivity index (χ1n) is 12.4. The number of pyridine rings is 1. The van der Waals surface area contributed by atoms with Crippen molar-refractivity contribution in [2.24, 2.45) is 0 Å². The zero-order valence-corrected chi connectivity index (χ0v) is 21.8. The average molecular weight is 536 g/mol. The maximum atomic E-state index is 15.6. The Kier molecular flexibility index (Phi) is 7.89. The summed E-state index contributed by atoms with van der Waals surface area (Å²) in [5, 5.41) is 0.834. The molecule has 1 unspecified atom stereocenters. The molecule has 1 fully saturated rings. The molecule has 198 valence electrons. The maximum Gasteiger partial charge on any atom is 0.163 e. The predicted octanol–water partition coefficient (Wildman–Crippen LogP) is 3.54. The van der Waals surface area contributed by atoms with E-state index >= 15 is 4.39 Å². The van der Waals surface area contributed by atoms with E-state index in [4.69, 9.17) is 20.4 Å². The number of benzene rings is 2. The van der Waals surface area contributed by atoms with Gasteiger partial charge in [-0.2, -0.15) is 0 Å². The molecule has 0 aliphatic carbocycles. The van der Waals surface area contributed by atoms with Gasteiger partial charge in [-0.3, -0.25) is 4.21 Å². The molecule has 9 nitrogen and oxygen atoms in total. The minimum absolute atomic E-state index is 0.251. The summed E-state index contributed by atoms with van der Waals surface area (Å²) in [5.74, 6) is 1.42. The van der Waals surface area contributed by atoms with Gasteiger partial charge in [0.2, 0.25) is 0 Å². The summed E-state index contributed by atoms with van der Waals surface area (Å²) >= 11 is -2.33. The number of nitrogens with two attached hydrogens (primary N) is 1. The van der Waals surface area contributed by atoms with Crippen molar-refractivity contribution in [1.82, 2.24) is 19.7 Å². The smallest absolute Gasteiger partial charge is 0.163 e. The molecule has 3 N–H and O–H groups in total. The van der Waals surface area contributed by atoms with E-state index in [1.165, 1.54) is 0 Å². The number of aromatic nitrogens is 3. The zero-order chi connectivity index (χ0) is 26.6. The lowest BCUT2D eigenvalue weighted by molar-refractivity contribution is 0.122. The largest absolute Gasteiger partial charge is 0.760 e. The number of halogens is 1. The lowest BCUT2D eigenvalue weighted by atomic mass is 9.96. The van der Waals surface area contributed by atoms with Gasteiger partial charge in [-0.1, -0.05) is 18.2 Å². The van der Waals surface area contributed by atoms with Gasteiger partial charge in [0, 0.05) is 53.6 Å². The molecule has 0 radical (unpaired) electrons. The second kappa shape index (κ2) is 11.5. The zero-order valence-electron chi connectivity index (χ0n) is 20.9. The Morgan fingerprint density at radius 1 is 1.16 bits per heavy atom. The first-order chi connectivity index (χ1) is 18.4. The van der Waals surface area contributed by atoms with Crippen LogP contribution in [-0.2, 0) is 22.4 Å². The van der Waals surface area contributed by atoms with E-state index in [2.05, 4.69) is 14.6 Å². The standard InChI is InChI=1S/C27H29FN6O3S/c1-17-14-20(21-6-2-4-18(24(21)28)5-3-9-31-38(35)36)15-22-25(17)32-26(19-7-8-23(29)30-16-19)33-27(22)34-10-12-37-13-11-34/h2,4,6-8,14-16,31H,3,5,9-13H2,1H3,(H2,29,30)(H,35,36)/p-1. The van der Waals surface area contributed by atoms with Crippen molar-refractivity contribution in [2.45, 2.75) is 19.8 Å². The van der Waals surface area contributed by atoms with Crippen molar-refractivity contribution in [3.05, 3.63) is 65.6 Å². The summed E-state index contributed by atoms with van der Waals surface area (Å²) in [6.07, 6.45) is 2.56. The summed E-state index contributed by atoms with van der Waals surface area (Å²) in [7, 11) is 0. The van der Waals surface area contributed by atoms with Crippen LogP contribution < -0.4 is 15.4 Å². The van der Waals surface area contributed by atoms with Gasteiger partial charge in [-0.15, -0.1) is 0 Å². The van der Waals surface area contributed by atoms with E-state index < -0.39 is 11.3 Å². The maximum absolute atomic E-state index is 15.6. The molecule has 1 aliphatic heterocycles. The predicted molar refractivity (Wildman–Crippen MR) is 146 cm³/mol. The monoisotopic (exact) mass is 535 g/mol. The fraction of sp³-hybridized carbons (Fsp3) is 0.296. The first kappa shape index (κ1) is 26.1. The lowest BCUT2D eigenvalue weighted by Gasteiger charge is -2.29. The molecule has 1 saturated heterocycles. The fourth-order valence-corrected chi connectivity index (χ4v) is 4.97. The SMILES string of the molecule is Cc1cc(-c2cccc(CCCNS(=O)[O-])c2F)cc2c(N3CCOCC3)nc(-c3ccc(N)nc3)nc12. The van der Waals surface area contributed by atoms with Gasteiger partial charge >= 0.3 is 0 Å². The number of nitrogens with one attached hydrogen (secondary N) is 1. The van der Waals surface area contributed by atoms with Crippen LogP contribution in [0.3, 0.4) is 0 Å². The van der Waals surface area contributed by atoms with Crippen molar-refractivity contribution >= 4 is 33.8 Å². The van der Waals surface area contributed by atoms with Crippen LogP contribution in [0.25, 0.3) is 33.4 Å². The van der Waals surface area contributed by atoms with Crippen molar-refractivity contribution in [3.63, 3.8) is 0 Å². The normalized spacial score (nSPS) is 14.7. The molecule has 4 aromatic rings. The lowest BCUT2D eigenvalue weighted by Crippen LogP contribution is -2.37. The molecule has 38 heavy (non-hydrogen) atoms. The Labute approximate surface area is 222 Å². The Hall–Kier alpha value is -3.51. The van der Waals surface area contributed by atoms with Crippen LogP contribution in [0.1, 0.15) is 17.5 Å². The molecule has 2 aromatic carbocycles. The summed E-state index contributed by atoms with van der Waals surface area (Å²) in [6, 6.07) is 12.8. The second-order valence-electron chi connectivity index (χ2n) is 9.14. The molecule has 11 heteroatoms. The Morgan fingerprint density at radius 2 is 1.97 bits per heavy atom. The summed E-state index contributed by atoms with van der Waals surface area (Å²) < 4.78 is 44.9. The van der Waals surface area contributed by atoms with Crippen molar-refractivity contribution in [1.29, 1.82) is 0 Å². The fourth-order valence-electron chi connectivity index (χ4n) is 4.66. The summed E-state index contributed by atoms with van der Waals surface area (Å²) in [6.45, 7) is 4.76. The van der Waals surface area contributed by atoms with Crippen LogP contribution in [0.15, 0.2) is 48.7 Å². The van der Waals surface area contributed by atoms with Gasteiger partial charge in [-0.25, -0.2) is 24.1 Å². The number of aryl methyl sites for hydroxylation is 2. The number of ether oxygens (including phenoxy) is 1. The highest BCUT2D eigenvalue weighted by Crippen LogP contribution is 2.35. The van der Waals surface area contributed by atoms with Crippen LogP contribution in [0.4, 0.5) is 16.0 Å². The number of nitrogen functional groups attached to an aromatic ring is 1. The van der Waals surface area contributed by atoms with Crippen LogP contribution in [-0.4, -0.2) is 56.6 Å². The van der Waals surface area contributed by atoms with Gasteiger partial charge in [0.25, 0.3) is 0 Å². The molecular formula is C27H28FN6O3S-. The van der Waals surface area contributed by atoms with Crippen molar-refractivity contribution in [2.75, 3.05) is 43.5 Å². The van der Waals surface area contributed by atoms with E-state index in [0.717, 1.165) is 33.4 Å². The quantitative estimate of drug-likeness (QED) is 0.259. The Morgan fingerprint density at radius 3 is 2.71 bits per heavy atom. The van der Waals surface area contributed by atoms with Gasteiger partial charge in [0.15, 0.2) is 5.82 Å². The van der Waals surface area contributed by atoms with E-state index in [9.17, 15) is 8.76 Å².